The number of aryl methyl sites for hydroxylation is 2. The minimum Gasteiger partial charge on any atom is -0.496 e. The fraction of sp³-hybridized carbons (Fsp3) is 0.294. The minimum atomic E-state index is -0.234. The summed E-state index contributed by atoms with van der Waals surface area (Å²) in [6.07, 6.45) is 0. The highest BCUT2D eigenvalue weighted by atomic mass is 19.1. The predicted molar refractivity (Wildman–Crippen MR) is 80.6 cm³/mol. The largest absolute Gasteiger partial charge is 0.496 e. The van der Waals surface area contributed by atoms with Crippen LogP contribution >= 0.6 is 0 Å². The summed E-state index contributed by atoms with van der Waals surface area (Å²) in [5.41, 5.74) is 5.12. The average molecular weight is 273 g/mol. The molecule has 0 aliphatic heterocycles. The van der Waals surface area contributed by atoms with Gasteiger partial charge in [0.2, 0.25) is 0 Å². The van der Waals surface area contributed by atoms with E-state index < -0.39 is 0 Å². The molecule has 106 valence electrons. The van der Waals surface area contributed by atoms with Crippen LogP contribution in [-0.4, -0.2) is 14.2 Å². The molecule has 0 atom stereocenters. The van der Waals surface area contributed by atoms with Crippen LogP contribution < -0.4 is 10.1 Å². The molecule has 0 saturated carbocycles. The summed E-state index contributed by atoms with van der Waals surface area (Å²) in [6, 6.07) is 8.96. The van der Waals surface area contributed by atoms with Gasteiger partial charge in [0.15, 0.2) is 0 Å². The SMILES string of the molecule is CNCc1ccc(F)cc1-c1c(C)cc(C)cc1OC. The van der Waals surface area contributed by atoms with Gasteiger partial charge < -0.3 is 10.1 Å². The van der Waals surface area contributed by atoms with E-state index in [1.165, 1.54) is 6.07 Å². The lowest BCUT2D eigenvalue weighted by Crippen LogP contribution is -2.07. The van der Waals surface area contributed by atoms with Crippen LogP contribution in [-0.2, 0) is 6.54 Å². The summed E-state index contributed by atoms with van der Waals surface area (Å²) in [4.78, 5) is 0. The molecule has 2 aromatic carbocycles. The van der Waals surface area contributed by atoms with E-state index in [9.17, 15) is 4.39 Å². The number of hydrogen-bond acceptors (Lipinski definition) is 2. The Morgan fingerprint density at radius 1 is 1.15 bits per heavy atom. The molecule has 0 aliphatic rings. The predicted octanol–water partition coefficient (Wildman–Crippen LogP) is 3.84. The van der Waals surface area contributed by atoms with Crippen molar-refractivity contribution >= 4 is 0 Å². The normalized spacial score (nSPS) is 10.7. The highest BCUT2D eigenvalue weighted by molar-refractivity contribution is 5.77. The maximum Gasteiger partial charge on any atom is 0.127 e. The first kappa shape index (κ1) is 14.5. The second-order valence-corrected chi connectivity index (χ2v) is 4.99. The first-order chi connectivity index (χ1) is 9.56. The van der Waals surface area contributed by atoms with Crippen molar-refractivity contribution in [3.05, 3.63) is 52.8 Å². The Morgan fingerprint density at radius 2 is 1.90 bits per heavy atom. The van der Waals surface area contributed by atoms with Gasteiger partial charge in [-0.1, -0.05) is 12.1 Å². The average Bonchev–Trinajstić information content (AvgIpc) is 2.40. The fourth-order valence-electron chi connectivity index (χ4n) is 2.56. The van der Waals surface area contributed by atoms with Crippen LogP contribution in [0.1, 0.15) is 16.7 Å². The van der Waals surface area contributed by atoms with Crippen molar-refractivity contribution in [1.82, 2.24) is 5.32 Å². The Balaban J connectivity index is 2.70. The van der Waals surface area contributed by atoms with Crippen molar-refractivity contribution in [2.75, 3.05) is 14.2 Å². The summed E-state index contributed by atoms with van der Waals surface area (Å²) in [6.45, 7) is 4.74. The molecule has 20 heavy (non-hydrogen) atoms. The summed E-state index contributed by atoms with van der Waals surface area (Å²) >= 11 is 0. The summed E-state index contributed by atoms with van der Waals surface area (Å²) < 4.78 is 19.2. The monoisotopic (exact) mass is 273 g/mol. The zero-order valence-electron chi connectivity index (χ0n) is 12.4. The Labute approximate surface area is 119 Å². The number of methoxy groups -OCH3 is 1. The van der Waals surface area contributed by atoms with Crippen molar-refractivity contribution in [2.24, 2.45) is 0 Å². The number of benzene rings is 2. The molecule has 0 radical (unpaired) electrons. The van der Waals surface area contributed by atoms with Crippen molar-refractivity contribution < 1.29 is 9.13 Å². The lowest BCUT2D eigenvalue weighted by Gasteiger charge is -2.16. The molecule has 0 fully saturated rings. The van der Waals surface area contributed by atoms with Crippen LogP contribution in [0.4, 0.5) is 4.39 Å². The van der Waals surface area contributed by atoms with Gasteiger partial charge in [-0.15, -0.1) is 0 Å². The van der Waals surface area contributed by atoms with E-state index in [1.54, 1.807) is 13.2 Å². The first-order valence-corrected chi connectivity index (χ1v) is 6.65. The van der Waals surface area contributed by atoms with Crippen LogP contribution in [0.25, 0.3) is 11.1 Å². The molecule has 1 N–H and O–H groups in total. The van der Waals surface area contributed by atoms with E-state index in [1.807, 2.05) is 33.0 Å². The van der Waals surface area contributed by atoms with Crippen LogP contribution in [0.5, 0.6) is 5.75 Å². The number of ether oxygens (including phenoxy) is 1. The van der Waals surface area contributed by atoms with Gasteiger partial charge in [0.1, 0.15) is 11.6 Å². The lowest BCUT2D eigenvalue weighted by atomic mass is 9.93. The Bertz CT molecular complexity index is 623. The molecule has 2 nitrogen and oxygen atoms in total. The fourth-order valence-corrected chi connectivity index (χ4v) is 2.56. The van der Waals surface area contributed by atoms with Gasteiger partial charge in [0, 0.05) is 12.1 Å². The van der Waals surface area contributed by atoms with E-state index in [-0.39, 0.29) is 5.82 Å². The standard InChI is InChI=1S/C17H20FNO/c1-11-7-12(2)17(16(8-11)20-4)15-9-14(18)6-5-13(15)10-19-3/h5-9,19H,10H2,1-4H3. The molecule has 2 aromatic rings. The van der Waals surface area contributed by atoms with Crippen molar-refractivity contribution in [3.8, 4) is 16.9 Å². The lowest BCUT2D eigenvalue weighted by molar-refractivity contribution is 0.416. The topological polar surface area (TPSA) is 21.3 Å². The summed E-state index contributed by atoms with van der Waals surface area (Å²) in [5, 5.41) is 3.12. The summed E-state index contributed by atoms with van der Waals surface area (Å²) in [7, 11) is 3.53. The molecule has 0 heterocycles. The first-order valence-electron chi connectivity index (χ1n) is 6.65. The maximum absolute atomic E-state index is 13.7. The van der Waals surface area contributed by atoms with Crippen molar-refractivity contribution in [2.45, 2.75) is 20.4 Å². The third kappa shape index (κ3) is 2.83. The molecular weight excluding hydrogens is 253 g/mol. The van der Waals surface area contributed by atoms with E-state index >= 15 is 0 Å². The number of rotatable bonds is 4. The summed E-state index contributed by atoms with van der Waals surface area (Å²) in [5.74, 6) is 0.548. The number of hydrogen-bond donors (Lipinski definition) is 1. The zero-order chi connectivity index (χ0) is 14.7. The zero-order valence-corrected chi connectivity index (χ0v) is 12.4. The molecule has 3 heteroatoms. The molecule has 2 rings (SSSR count). The third-order valence-corrected chi connectivity index (χ3v) is 3.37. The Kier molecular flexibility index (Phi) is 4.40. The highest BCUT2D eigenvalue weighted by Crippen LogP contribution is 2.36. The van der Waals surface area contributed by atoms with Crippen molar-refractivity contribution in [3.63, 3.8) is 0 Å². The second kappa shape index (κ2) is 6.06. The molecule has 0 aliphatic carbocycles. The highest BCUT2D eigenvalue weighted by Gasteiger charge is 2.14. The third-order valence-electron chi connectivity index (χ3n) is 3.37. The number of nitrogens with one attached hydrogen (secondary N) is 1. The van der Waals surface area contributed by atoms with Crippen LogP contribution in [0.2, 0.25) is 0 Å². The van der Waals surface area contributed by atoms with E-state index in [0.29, 0.717) is 6.54 Å². The number of halogens is 1. The molecule has 0 saturated heterocycles. The van der Waals surface area contributed by atoms with Crippen LogP contribution in [0, 0.1) is 19.7 Å². The van der Waals surface area contributed by atoms with Crippen molar-refractivity contribution in [1.29, 1.82) is 0 Å². The quantitative estimate of drug-likeness (QED) is 0.914. The van der Waals surface area contributed by atoms with Crippen LogP contribution in [0.15, 0.2) is 30.3 Å². The van der Waals surface area contributed by atoms with Gasteiger partial charge in [-0.25, -0.2) is 4.39 Å². The van der Waals surface area contributed by atoms with E-state index in [2.05, 4.69) is 11.4 Å². The Morgan fingerprint density at radius 3 is 2.55 bits per heavy atom. The minimum absolute atomic E-state index is 0.234. The van der Waals surface area contributed by atoms with Gasteiger partial charge >= 0.3 is 0 Å². The van der Waals surface area contributed by atoms with Gasteiger partial charge in [0.25, 0.3) is 0 Å². The van der Waals surface area contributed by atoms with Gasteiger partial charge in [-0.3, -0.25) is 0 Å². The second-order valence-electron chi connectivity index (χ2n) is 4.99. The van der Waals surface area contributed by atoms with Crippen LogP contribution in [0.3, 0.4) is 0 Å². The molecule has 0 spiro atoms. The van der Waals surface area contributed by atoms with Gasteiger partial charge in [0.05, 0.1) is 7.11 Å². The van der Waals surface area contributed by atoms with E-state index in [0.717, 1.165) is 33.6 Å². The molecular formula is C17H20FNO. The van der Waals surface area contributed by atoms with E-state index in [4.69, 9.17) is 4.74 Å². The Hall–Kier alpha value is -1.87. The van der Waals surface area contributed by atoms with Gasteiger partial charge in [-0.2, -0.15) is 0 Å². The molecule has 0 unspecified atom stereocenters. The molecule has 0 amide bonds. The van der Waals surface area contributed by atoms with Gasteiger partial charge in [-0.05, 0) is 61.3 Å². The smallest absolute Gasteiger partial charge is 0.127 e. The molecule has 0 bridgehead atoms. The molecule has 0 aromatic heterocycles. The maximum atomic E-state index is 13.7.